The average Bonchev–Trinajstić information content (AvgIpc) is 2.65. The van der Waals surface area contributed by atoms with E-state index < -0.39 is 23.7 Å². The summed E-state index contributed by atoms with van der Waals surface area (Å²) in [4.78, 5) is 29.3. The van der Waals surface area contributed by atoms with E-state index in [1.54, 1.807) is 26.8 Å². The summed E-state index contributed by atoms with van der Waals surface area (Å²) in [5.74, 6) is 0. The van der Waals surface area contributed by atoms with Gasteiger partial charge in [-0.2, -0.15) is 0 Å². The zero-order valence-electron chi connectivity index (χ0n) is 17.2. The molecule has 1 aliphatic heterocycles. The first kappa shape index (κ1) is 21.8. The number of benzene rings is 1. The first-order valence-corrected chi connectivity index (χ1v) is 9.73. The molecule has 1 aromatic carbocycles. The van der Waals surface area contributed by atoms with Crippen LogP contribution in [-0.2, 0) is 4.74 Å². The molecule has 3 rings (SSSR count). The molecule has 1 atom stereocenters. The Labute approximate surface area is 174 Å². The number of nitrogens with zero attached hydrogens (tertiary/aromatic N) is 3. The number of carbonyl (C=O) groups excluding carboxylic acids is 1. The molecule has 1 saturated heterocycles. The van der Waals surface area contributed by atoms with Crippen LogP contribution in [0.5, 0.6) is 0 Å². The maximum atomic E-state index is 12.2. The monoisotopic (exact) mass is 416 g/mol. The molecule has 2 heterocycles. The molecule has 0 unspecified atom stereocenters. The van der Waals surface area contributed by atoms with Gasteiger partial charge in [0.15, 0.2) is 0 Å². The van der Waals surface area contributed by atoms with Gasteiger partial charge >= 0.3 is 18.9 Å². The van der Waals surface area contributed by atoms with E-state index in [1.165, 1.54) is 18.3 Å². The van der Waals surface area contributed by atoms with Crippen LogP contribution in [0.25, 0.3) is 10.9 Å². The van der Waals surface area contributed by atoms with Crippen LogP contribution in [0.15, 0.2) is 24.4 Å². The van der Waals surface area contributed by atoms with Gasteiger partial charge in [-0.3, -0.25) is 10.1 Å². The van der Waals surface area contributed by atoms with Crippen LogP contribution in [0.3, 0.4) is 0 Å². The Hall–Kier alpha value is -2.92. The first-order valence-electron chi connectivity index (χ1n) is 9.73. The summed E-state index contributed by atoms with van der Waals surface area (Å²) in [5, 5.41) is 34.0. The summed E-state index contributed by atoms with van der Waals surface area (Å²) >= 11 is 0. The largest absolute Gasteiger partial charge is 0.488 e. The number of hydrogen-bond acceptors (Lipinski definition) is 8. The predicted octanol–water partition coefficient (Wildman–Crippen LogP) is 1.32. The fourth-order valence-corrected chi connectivity index (χ4v) is 3.58. The Morgan fingerprint density at radius 3 is 2.77 bits per heavy atom. The molecule has 0 aliphatic carbocycles. The number of nitro groups is 1. The van der Waals surface area contributed by atoms with E-state index in [-0.39, 0.29) is 17.2 Å². The van der Waals surface area contributed by atoms with Gasteiger partial charge in [-0.05, 0) is 45.1 Å². The number of ether oxygens (including phenoxy) is 1. The molecule has 160 valence electrons. The van der Waals surface area contributed by atoms with Gasteiger partial charge in [-0.1, -0.05) is 12.1 Å². The van der Waals surface area contributed by atoms with Crippen LogP contribution >= 0.6 is 0 Å². The number of rotatable bonds is 4. The number of anilines is 1. The van der Waals surface area contributed by atoms with Crippen molar-refractivity contribution in [2.75, 3.05) is 18.0 Å². The Kier molecular flexibility index (Phi) is 6.13. The van der Waals surface area contributed by atoms with E-state index in [4.69, 9.17) is 4.74 Å². The second-order valence-corrected chi connectivity index (χ2v) is 8.33. The molecular weight excluding hydrogens is 391 g/mol. The van der Waals surface area contributed by atoms with Crippen molar-refractivity contribution in [1.29, 1.82) is 0 Å². The van der Waals surface area contributed by atoms with Gasteiger partial charge in [0.05, 0.1) is 10.4 Å². The standard InChI is InChI=1S/C19H25BN4O6/c1-19(2,3)30-18(25)22-13-5-4-8-23(11-13)17-14-9-12(20(26)27)6-7-15(14)21-10-16(17)24(28)29/h6-7,9-10,13,26-27H,4-5,8,11H2,1-3H3,(H,22,25)/t13-/m0/s1. The smallest absolute Gasteiger partial charge is 0.444 e. The molecular formula is C19H25BN4O6. The number of alkyl carbamates (subject to hydrolysis) is 1. The Morgan fingerprint density at radius 2 is 2.13 bits per heavy atom. The highest BCUT2D eigenvalue weighted by Crippen LogP contribution is 2.36. The molecule has 1 aromatic heterocycles. The summed E-state index contributed by atoms with van der Waals surface area (Å²) in [7, 11) is -1.70. The fourth-order valence-electron chi connectivity index (χ4n) is 3.58. The van der Waals surface area contributed by atoms with Crippen molar-refractivity contribution in [3.05, 3.63) is 34.5 Å². The molecule has 1 fully saturated rings. The lowest BCUT2D eigenvalue weighted by atomic mass is 9.79. The van der Waals surface area contributed by atoms with Gasteiger partial charge in [0.1, 0.15) is 17.5 Å². The minimum atomic E-state index is -1.70. The van der Waals surface area contributed by atoms with Gasteiger partial charge in [0.25, 0.3) is 0 Å². The Bertz CT molecular complexity index is 962. The lowest BCUT2D eigenvalue weighted by Crippen LogP contribution is -2.49. The Morgan fingerprint density at radius 1 is 1.40 bits per heavy atom. The topological polar surface area (TPSA) is 138 Å². The van der Waals surface area contributed by atoms with E-state index in [9.17, 15) is 25.0 Å². The minimum Gasteiger partial charge on any atom is -0.444 e. The summed E-state index contributed by atoms with van der Waals surface area (Å²) in [6.07, 6.45) is 2.10. The number of fused-ring (bicyclic) bond motifs is 1. The second kappa shape index (κ2) is 8.45. The summed E-state index contributed by atoms with van der Waals surface area (Å²) < 4.78 is 5.31. The van der Waals surface area contributed by atoms with E-state index in [2.05, 4.69) is 10.3 Å². The van der Waals surface area contributed by atoms with E-state index in [0.717, 1.165) is 0 Å². The average molecular weight is 416 g/mol. The molecule has 10 nitrogen and oxygen atoms in total. The lowest BCUT2D eigenvalue weighted by Gasteiger charge is -2.35. The van der Waals surface area contributed by atoms with Crippen LogP contribution in [0.1, 0.15) is 33.6 Å². The molecule has 3 N–H and O–H groups in total. The molecule has 30 heavy (non-hydrogen) atoms. The summed E-state index contributed by atoms with van der Waals surface area (Å²) in [6.45, 7) is 6.24. The molecule has 0 spiro atoms. The summed E-state index contributed by atoms with van der Waals surface area (Å²) in [5.41, 5.74) is 0.266. The van der Waals surface area contributed by atoms with Crippen molar-refractivity contribution in [3.63, 3.8) is 0 Å². The van der Waals surface area contributed by atoms with Crippen LogP contribution < -0.4 is 15.7 Å². The highest BCUT2D eigenvalue weighted by molar-refractivity contribution is 6.59. The van der Waals surface area contributed by atoms with Gasteiger partial charge < -0.3 is 25.0 Å². The van der Waals surface area contributed by atoms with Gasteiger partial charge in [0, 0.05) is 24.5 Å². The van der Waals surface area contributed by atoms with Gasteiger partial charge in [-0.25, -0.2) is 9.78 Å². The van der Waals surface area contributed by atoms with Crippen molar-refractivity contribution in [2.45, 2.75) is 45.3 Å². The molecule has 0 bridgehead atoms. The first-order chi connectivity index (χ1) is 14.0. The number of pyridine rings is 1. The molecule has 0 saturated carbocycles. The number of piperidine rings is 1. The minimum absolute atomic E-state index is 0.176. The van der Waals surface area contributed by atoms with Crippen LogP contribution in [0.2, 0.25) is 0 Å². The molecule has 11 heteroatoms. The molecule has 0 radical (unpaired) electrons. The Balaban J connectivity index is 1.95. The predicted molar refractivity (Wildman–Crippen MR) is 113 cm³/mol. The van der Waals surface area contributed by atoms with E-state index in [0.29, 0.717) is 42.5 Å². The van der Waals surface area contributed by atoms with E-state index >= 15 is 0 Å². The van der Waals surface area contributed by atoms with Gasteiger partial charge in [-0.15, -0.1) is 0 Å². The quantitative estimate of drug-likeness (QED) is 0.385. The van der Waals surface area contributed by atoms with Crippen molar-refractivity contribution >= 4 is 41.0 Å². The second-order valence-electron chi connectivity index (χ2n) is 8.33. The van der Waals surface area contributed by atoms with Crippen molar-refractivity contribution in [3.8, 4) is 0 Å². The van der Waals surface area contributed by atoms with Crippen molar-refractivity contribution in [2.24, 2.45) is 0 Å². The maximum Gasteiger partial charge on any atom is 0.488 e. The zero-order chi connectivity index (χ0) is 22.1. The maximum absolute atomic E-state index is 12.2. The van der Waals surface area contributed by atoms with Crippen LogP contribution in [-0.4, -0.2) is 57.9 Å². The van der Waals surface area contributed by atoms with Crippen molar-refractivity contribution in [1.82, 2.24) is 10.3 Å². The highest BCUT2D eigenvalue weighted by Gasteiger charge is 2.30. The highest BCUT2D eigenvalue weighted by atomic mass is 16.6. The SMILES string of the molecule is CC(C)(C)OC(=O)N[C@H]1CCCN(c2c([N+](=O)[O-])cnc3ccc(B(O)O)cc23)C1. The van der Waals surface area contributed by atoms with Crippen molar-refractivity contribution < 1.29 is 24.5 Å². The number of amides is 1. The van der Waals surface area contributed by atoms with Crippen LogP contribution in [0, 0.1) is 10.1 Å². The molecule has 1 amide bonds. The lowest BCUT2D eigenvalue weighted by molar-refractivity contribution is -0.384. The van der Waals surface area contributed by atoms with Gasteiger partial charge in [0.2, 0.25) is 0 Å². The number of hydrogen-bond donors (Lipinski definition) is 3. The third-order valence-corrected chi connectivity index (χ3v) is 4.80. The third-order valence-electron chi connectivity index (χ3n) is 4.80. The number of aromatic nitrogens is 1. The van der Waals surface area contributed by atoms with Crippen LogP contribution in [0.4, 0.5) is 16.2 Å². The fraction of sp³-hybridized carbons (Fsp3) is 0.474. The number of carbonyl (C=O) groups is 1. The normalized spacial score (nSPS) is 17.0. The molecule has 2 aromatic rings. The third kappa shape index (κ3) is 4.97. The molecule has 1 aliphatic rings. The number of nitrogens with one attached hydrogen (secondary N) is 1. The zero-order valence-corrected chi connectivity index (χ0v) is 17.2. The summed E-state index contributed by atoms with van der Waals surface area (Å²) in [6, 6.07) is 4.36. The van der Waals surface area contributed by atoms with E-state index in [1.807, 2.05) is 4.90 Å².